The molecule has 116 valence electrons. The first kappa shape index (κ1) is 15.9. The molecule has 0 saturated carbocycles. The molecule has 0 aliphatic rings. The predicted octanol–water partition coefficient (Wildman–Crippen LogP) is 0.0727. The average molecular weight is 321 g/mol. The molecule has 0 aliphatic heterocycles. The molecular formula is C13H15N5O3S. The summed E-state index contributed by atoms with van der Waals surface area (Å²) in [6, 6.07) is 6.48. The van der Waals surface area contributed by atoms with Crippen molar-refractivity contribution in [3.05, 3.63) is 41.9 Å². The van der Waals surface area contributed by atoms with Crippen LogP contribution in [0.4, 0.5) is 5.69 Å². The van der Waals surface area contributed by atoms with Crippen LogP contribution in [0.1, 0.15) is 16.2 Å². The molecule has 0 saturated heterocycles. The minimum absolute atomic E-state index is 0.0262. The second kappa shape index (κ2) is 6.08. The molecule has 0 spiro atoms. The van der Waals surface area contributed by atoms with Crippen LogP contribution in [0.2, 0.25) is 0 Å². The number of nitrogens with zero attached hydrogens (tertiary/aromatic N) is 2. The van der Waals surface area contributed by atoms with Gasteiger partial charge in [-0.2, -0.15) is 0 Å². The number of sulfonamides is 1. The van der Waals surface area contributed by atoms with Gasteiger partial charge in [0.1, 0.15) is 0 Å². The Kier molecular flexibility index (Phi) is 4.38. The maximum absolute atomic E-state index is 11.4. The lowest BCUT2D eigenvalue weighted by Gasteiger charge is -2.08. The first-order valence-corrected chi connectivity index (χ1v) is 8.13. The zero-order valence-electron chi connectivity index (χ0n) is 11.8. The lowest BCUT2D eigenvalue weighted by Crippen LogP contribution is -2.19. The number of nitrogens with one attached hydrogen (secondary N) is 1. The molecule has 0 radical (unpaired) electrons. The van der Waals surface area contributed by atoms with Gasteiger partial charge in [-0.15, -0.1) is 0 Å². The van der Waals surface area contributed by atoms with Gasteiger partial charge < -0.3 is 11.5 Å². The molecule has 1 aromatic carbocycles. The fourth-order valence-corrected chi connectivity index (χ4v) is 2.39. The highest BCUT2D eigenvalue weighted by atomic mass is 32.2. The van der Waals surface area contributed by atoms with Crippen molar-refractivity contribution in [2.75, 3.05) is 11.0 Å². The highest BCUT2D eigenvalue weighted by molar-refractivity contribution is 7.92. The van der Waals surface area contributed by atoms with E-state index in [2.05, 4.69) is 14.7 Å². The maximum atomic E-state index is 11.4. The van der Waals surface area contributed by atoms with Crippen LogP contribution >= 0.6 is 0 Å². The van der Waals surface area contributed by atoms with E-state index < -0.39 is 15.9 Å². The molecule has 0 atom stereocenters. The molecule has 5 N–H and O–H groups in total. The summed E-state index contributed by atoms with van der Waals surface area (Å²) in [6.07, 6.45) is 2.55. The van der Waals surface area contributed by atoms with Crippen LogP contribution in [-0.4, -0.2) is 30.5 Å². The number of rotatable bonds is 5. The molecular weight excluding hydrogens is 306 g/mol. The van der Waals surface area contributed by atoms with Crippen LogP contribution in [-0.2, 0) is 16.6 Å². The third kappa shape index (κ3) is 3.77. The number of hydrogen-bond acceptors (Lipinski definition) is 6. The van der Waals surface area contributed by atoms with Crippen LogP contribution in [0.3, 0.4) is 0 Å². The highest BCUT2D eigenvalue weighted by Gasteiger charge is 2.12. The van der Waals surface area contributed by atoms with Gasteiger partial charge in [-0.1, -0.05) is 12.1 Å². The van der Waals surface area contributed by atoms with E-state index in [0.29, 0.717) is 22.6 Å². The van der Waals surface area contributed by atoms with Crippen LogP contribution < -0.4 is 16.2 Å². The van der Waals surface area contributed by atoms with Crippen molar-refractivity contribution < 1.29 is 13.2 Å². The molecule has 8 nitrogen and oxygen atoms in total. The van der Waals surface area contributed by atoms with E-state index in [1.54, 1.807) is 24.3 Å². The van der Waals surface area contributed by atoms with Gasteiger partial charge in [0, 0.05) is 17.8 Å². The Morgan fingerprint density at radius 3 is 2.41 bits per heavy atom. The van der Waals surface area contributed by atoms with Crippen molar-refractivity contribution >= 4 is 21.6 Å². The predicted molar refractivity (Wildman–Crippen MR) is 82.3 cm³/mol. The van der Waals surface area contributed by atoms with Crippen LogP contribution in [0.5, 0.6) is 0 Å². The van der Waals surface area contributed by atoms with Gasteiger partial charge in [-0.3, -0.25) is 14.5 Å². The summed E-state index contributed by atoms with van der Waals surface area (Å²) in [5.41, 5.74) is 12.6. The first-order chi connectivity index (χ1) is 10.3. The lowest BCUT2D eigenvalue weighted by atomic mass is 10.1. The van der Waals surface area contributed by atoms with Crippen molar-refractivity contribution in [3.63, 3.8) is 0 Å². The van der Waals surface area contributed by atoms with E-state index in [1.807, 2.05) is 0 Å². The van der Waals surface area contributed by atoms with Gasteiger partial charge in [0.05, 0.1) is 23.8 Å². The zero-order valence-corrected chi connectivity index (χ0v) is 12.6. The topological polar surface area (TPSA) is 141 Å². The Bertz CT molecular complexity index is 803. The second-order valence-electron chi connectivity index (χ2n) is 4.57. The van der Waals surface area contributed by atoms with Gasteiger partial charge >= 0.3 is 0 Å². The number of hydrogen-bond donors (Lipinski definition) is 3. The minimum Gasteiger partial charge on any atom is -0.364 e. The second-order valence-corrected chi connectivity index (χ2v) is 6.32. The summed E-state index contributed by atoms with van der Waals surface area (Å²) in [5.74, 6) is -0.704. The smallest absolute Gasteiger partial charge is 0.269 e. The van der Waals surface area contributed by atoms with Crippen molar-refractivity contribution in [1.82, 2.24) is 9.97 Å². The molecule has 1 heterocycles. The van der Waals surface area contributed by atoms with Gasteiger partial charge in [0.25, 0.3) is 5.91 Å². The van der Waals surface area contributed by atoms with E-state index in [0.717, 1.165) is 6.26 Å². The van der Waals surface area contributed by atoms with E-state index in [9.17, 15) is 13.2 Å². The summed E-state index contributed by atoms with van der Waals surface area (Å²) in [7, 11) is -3.33. The number of carbonyl (C=O) groups excluding carboxylic acids is 1. The Balaban J connectivity index is 2.36. The standard InChI is InChI=1S/C13H15N5O3S/c1-22(20,21)18-9-4-2-8(3-5-9)11-7-16-10(6-14)12(17-11)13(15)19/h2-5,7,18H,6,14H2,1H3,(H2,15,19). The van der Waals surface area contributed by atoms with Gasteiger partial charge in [0.15, 0.2) is 5.69 Å². The van der Waals surface area contributed by atoms with E-state index in [4.69, 9.17) is 11.5 Å². The summed E-state index contributed by atoms with van der Waals surface area (Å²) < 4.78 is 24.7. The maximum Gasteiger partial charge on any atom is 0.269 e. The van der Waals surface area contributed by atoms with Crippen molar-refractivity contribution in [1.29, 1.82) is 0 Å². The molecule has 22 heavy (non-hydrogen) atoms. The van der Waals surface area contributed by atoms with E-state index in [-0.39, 0.29) is 12.2 Å². The number of nitrogens with two attached hydrogens (primary N) is 2. The number of primary amides is 1. The third-order valence-corrected chi connectivity index (χ3v) is 3.37. The SMILES string of the molecule is CS(=O)(=O)Nc1ccc(-c2cnc(CN)c(C(N)=O)n2)cc1. The number of aromatic nitrogens is 2. The fraction of sp³-hybridized carbons (Fsp3) is 0.154. The van der Waals surface area contributed by atoms with E-state index >= 15 is 0 Å². The third-order valence-electron chi connectivity index (χ3n) is 2.76. The molecule has 9 heteroatoms. The number of anilines is 1. The van der Waals surface area contributed by atoms with Crippen molar-refractivity contribution in [2.24, 2.45) is 11.5 Å². The molecule has 1 aromatic heterocycles. The molecule has 2 aromatic rings. The first-order valence-electron chi connectivity index (χ1n) is 6.24. The molecule has 2 rings (SSSR count). The average Bonchev–Trinajstić information content (AvgIpc) is 2.45. The number of benzene rings is 1. The van der Waals surface area contributed by atoms with Crippen molar-refractivity contribution in [3.8, 4) is 11.3 Å². The van der Waals surface area contributed by atoms with Crippen LogP contribution in [0.15, 0.2) is 30.5 Å². The summed E-state index contributed by atoms with van der Waals surface area (Å²) >= 11 is 0. The van der Waals surface area contributed by atoms with Gasteiger partial charge in [0.2, 0.25) is 10.0 Å². The molecule has 0 bridgehead atoms. The lowest BCUT2D eigenvalue weighted by molar-refractivity contribution is 0.0994. The monoisotopic (exact) mass is 321 g/mol. The Morgan fingerprint density at radius 2 is 1.91 bits per heavy atom. The van der Waals surface area contributed by atoms with Crippen molar-refractivity contribution in [2.45, 2.75) is 6.54 Å². The molecule has 0 fully saturated rings. The minimum atomic E-state index is -3.33. The van der Waals surface area contributed by atoms with Crippen LogP contribution in [0.25, 0.3) is 11.3 Å². The summed E-state index contributed by atoms with van der Waals surface area (Å²) in [4.78, 5) is 19.6. The number of amides is 1. The molecule has 0 unspecified atom stereocenters. The van der Waals surface area contributed by atoms with Gasteiger partial charge in [-0.05, 0) is 12.1 Å². The van der Waals surface area contributed by atoms with E-state index in [1.165, 1.54) is 6.20 Å². The molecule has 1 amide bonds. The normalized spacial score (nSPS) is 11.2. The summed E-state index contributed by atoms with van der Waals surface area (Å²) in [5, 5.41) is 0. The largest absolute Gasteiger partial charge is 0.364 e. The summed E-state index contributed by atoms with van der Waals surface area (Å²) in [6.45, 7) is 0.0583. The Labute approximate surface area is 127 Å². The Hall–Kier alpha value is -2.52. The quantitative estimate of drug-likeness (QED) is 0.711. The Morgan fingerprint density at radius 1 is 1.27 bits per heavy atom. The molecule has 0 aliphatic carbocycles. The zero-order chi connectivity index (χ0) is 16.3. The van der Waals surface area contributed by atoms with Crippen LogP contribution in [0, 0.1) is 0 Å². The fourth-order valence-electron chi connectivity index (χ4n) is 1.82. The highest BCUT2D eigenvalue weighted by Crippen LogP contribution is 2.20. The van der Waals surface area contributed by atoms with Gasteiger partial charge in [-0.25, -0.2) is 13.4 Å². The number of carbonyl (C=O) groups is 1.